The minimum atomic E-state index is 0.440. The Hall–Kier alpha value is -1.17. The molecule has 25 heavy (non-hydrogen) atoms. The fourth-order valence-electron chi connectivity index (χ4n) is 3.79. The van der Waals surface area contributed by atoms with Crippen molar-refractivity contribution < 1.29 is 4.74 Å². The lowest BCUT2D eigenvalue weighted by molar-refractivity contribution is 0.0576. The van der Waals surface area contributed by atoms with E-state index in [1.54, 1.807) is 0 Å². The average molecular weight is 362 g/mol. The van der Waals surface area contributed by atoms with Crippen molar-refractivity contribution in [1.29, 1.82) is 0 Å². The summed E-state index contributed by atoms with van der Waals surface area (Å²) in [5.74, 6) is 0. The van der Waals surface area contributed by atoms with Crippen LogP contribution < -0.4 is 5.32 Å². The van der Waals surface area contributed by atoms with Gasteiger partial charge in [0.05, 0.1) is 6.10 Å². The summed E-state index contributed by atoms with van der Waals surface area (Å²) in [4.78, 5) is 4.80. The number of benzene rings is 1. The van der Waals surface area contributed by atoms with Gasteiger partial charge in [-0.3, -0.25) is 0 Å². The minimum absolute atomic E-state index is 0.440. The van der Waals surface area contributed by atoms with Gasteiger partial charge < -0.3 is 19.9 Å². The Morgan fingerprint density at radius 2 is 2.00 bits per heavy atom. The smallest absolute Gasteiger partial charge is 0.173 e. The van der Waals surface area contributed by atoms with Gasteiger partial charge in [-0.05, 0) is 82.1 Å². The molecule has 2 heterocycles. The normalized spacial score (nSPS) is 21.8. The molecular weight excluding hydrogens is 330 g/mol. The molecule has 0 unspecified atom stereocenters. The maximum Gasteiger partial charge on any atom is 0.173 e. The standard InChI is InChI=1S/C20H31N3OS/c1-15-6-7-17(13-16(15)2)21-20(25)23-10-8-18(9-11-23)22(3)14-19-5-4-12-24-19/h6-7,13,18-19H,4-5,8-12,14H2,1-3H3,(H,21,25)/t19-/m1/s1. The summed E-state index contributed by atoms with van der Waals surface area (Å²) in [5, 5.41) is 4.26. The third kappa shape index (κ3) is 4.93. The van der Waals surface area contributed by atoms with E-state index in [0.29, 0.717) is 12.1 Å². The topological polar surface area (TPSA) is 27.7 Å². The summed E-state index contributed by atoms with van der Waals surface area (Å²) in [7, 11) is 2.24. The van der Waals surface area contributed by atoms with Crippen LogP contribution in [0.1, 0.15) is 36.8 Å². The van der Waals surface area contributed by atoms with E-state index in [2.05, 4.69) is 54.2 Å². The molecule has 2 saturated heterocycles. The Labute approximate surface area is 157 Å². The number of nitrogens with one attached hydrogen (secondary N) is 1. The van der Waals surface area contributed by atoms with Gasteiger partial charge in [0, 0.05) is 38.0 Å². The molecule has 0 saturated carbocycles. The lowest BCUT2D eigenvalue weighted by Crippen LogP contribution is -2.48. The second-order valence-corrected chi connectivity index (χ2v) is 7.91. The molecule has 3 rings (SSSR count). The first-order valence-electron chi connectivity index (χ1n) is 9.48. The molecule has 0 spiro atoms. The quantitative estimate of drug-likeness (QED) is 0.828. The molecule has 1 atom stereocenters. The number of likely N-dealkylation sites (N-methyl/N-ethyl adjacent to an activating group) is 1. The number of hydrogen-bond donors (Lipinski definition) is 1. The van der Waals surface area contributed by atoms with Gasteiger partial charge in [0.25, 0.3) is 0 Å². The van der Waals surface area contributed by atoms with Crippen molar-refractivity contribution in [2.24, 2.45) is 0 Å². The Bertz CT molecular complexity index is 593. The molecule has 1 aromatic carbocycles. The third-order valence-corrected chi connectivity index (χ3v) is 6.01. The molecular formula is C20H31N3OS. The Morgan fingerprint density at radius 3 is 2.64 bits per heavy atom. The first-order chi connectivity index (χ1) is 12.0. The van der Waals surface area contributed by atoms with Crippen LogP contribution in [-0.4, -0.2) is 60.3 Å². The SMILES string of the molecule is Cc1ccc(NC(=S)N2CCC(N(C)C[C@H]3CCCO3)CC2)cc1C. The molecule has 0 aromatic heterocycles. The summed E-state index contributed by atoms with van der Waals surface area (Å²) in [6.45, 7) is 8.33. The zero-order valence-corrected chi connectivity index (χ0v) is 16.6. The first-order valence-corrected chi connectivity index (χ1v) is 9.89. The van der Waals surface area contributed by atoms with E-state index in [1.807, 2.05) is 0 Å². The van der Waals surface area contributed by atoms with Crippen LogP contribution in [0.3, 0.4) is 0 Å². The Balaban J connectivity index is 1.46. The number of anilines is 1. The second-order valence-electron chi connectivity index (χ2n) is 7.52. The van der Waals surface area contributed by atoms with Gasteiger partial charge in [0.2, 0.25) is 0 Å². The van der Waals surface area contributed by atoms with E-state index >= 15 is 0 Å². The van der Waals surface area contributed by atoms with Crippen LogP contribution in [0.4, 0.5) is 5.69 Å². The number of piperidine rings is 1. The van der Waals surface area contributed by atoms with Crippen LogP contribution in [0, 0.1) is 13.8 Å². The first kappa shape index (κ1) is 18.6. The van der Waals surface area contributed by atoms with E-state index in [-0.39, 0.29) is 0 Å². The molecule has 138 valence electrons. The molecule has 5 heteroatoms. The van der Waals surface area contributed by atoms with Crippen LogP contribution in [0.15, 0.2) is 18.2 Å². The summed E-state index contributed by atoms with van der Waals surface area (Å²) in [6.07, 6.45) is 5.20. The van der Waals surface area contributed by atoms with Crippen LogP contribution in [0.25, 0.3) is 0 Å². The van der Waals surface area contributed by atoms with Crippen LogP contribution >= 0.6 is 12.2 Å². The van der Waals surface area contributed by atoms with Gasteiger partial charge in [-0.1, -0.05) is 6.07 Å². The summed E-state index contributed by atoms with van der Waals surface area (Å²) >= 11 is 5.63. The van der Waals surface area contributed by atoms with Crippen LogP contribution in [0.5, 0.6) is 0 Å². The fourth-order valence-corrected chi connectivity index (χ4v) is 4.09. The molecule has 2 fully saturated rings. The molecule has 1 N–H and O–H groups in total. The van der Waals surface area contributed by atoms with Gasteiger partial charge in [-0.25, -0.2) is 0 Å². The highest BCUT2D eigenvalue weighted by molar-refractivity contribution is 7.80. The highest BCUT2D eigenvalue weighted by Crippen LogP contribution is 2.20. The summed E-state index contributed by atoms with van der Waals surface area (Å²) in [6, 6.07) is 7.07. The lowest BCUT2D eigenvalue weighted by Gasteiger charge is -2.38. The monoisotopic (exact) mass is 361 g/mol. The van der Waals surface area contributed by atoms with Crippen LogP contribution in [0.2, 0.25) is 0 Å². The predicted molar refractivity (Wildman–Crippen MR) is 108 cm³/mol. The van der Waals surface area contributed by atoms with Crippen molar-refractivity contribution in [2.45, 2.75) is 51.7 Å². The van der Waals surface area contributed by atoms with Crippen molar-refractivity contribution in [2.75, 3.05) is 38.6 Å². The number of thiocarbonyl (C=S) groups is 1. The minimum Gasteiger partial charge on any atom is -0.377 e. The number of rotatable bonds is 4. The predicted octanol–water partition coefficient (Wildman–Crippen LogP) is 3.58. The Morgan fingerprint density at radius 1 is 1.24 bits per heavy atom. The van der Waals surface area contributed by atoms with Gasteiger partial charge >= 0.3 is 0 Å². The van der Waals surface area contributed by atoms with Gasteiger partial charge in [0.15, 0.2) is 5.11 Å². The number of nitrogens with zero attached hydrogens (tertiary/aromatic N) is 2. The van der Waals surface area contributed by atoms with E-state index in [1.165, 1.54) is 24.0 Å². The van der Waals surface area contributed by atoms with Crippen LogP contribution in [-0.2, 0) is 4.74 Å². The summed E-state index contributed by atoms with van der Waals surface area (Å²) in [5.41, 5.74) is 3.69. The lowest BCUT2D eigenvalue weighted by atomic mass is 10.0. The molecule has 2 aliphatic rings. The van der Waals surface area contributed by atoms with Gasteiger partial charge in [0.1, 0.15) is 0 Å². The average Bonchev–Trinajstić information content (AvgIpc) is 3.11. The molecule has 0 amide bonds. The number of aryl methyl sites for hydroxylation is 2. The fraction of sp³-hybridized carbons (Fsp3) is 0.650. The molecule has 2 aliphatic heterocycles. The highest BCUT2D eigenvalue weighted by atomic mass is 32.1. The van der Waals surface area contributed by atoms with Crippen molar-refractivity contribution in [3.8, 4) is 0 Å². The zero-order chi connectivity index (χ0) is 17.8. The molecule has 1 aromatic rings. The number of ether oxygens (including phenoxy) is 1. The van der Waals surface area contributed by atoms with Crippen molar-refractivity contribution in [3.05, 3.63) is 29.3 Å². The molecule has 0 bridgehead atoms. The van der Waals surface area contributed by atoms with E-state index in [4.69, 9.17) is 17.0 Å². The van der Waals surface area contributed by atoms with E-state index in [0.717, 1.165) is 49.9 Å². The molecule has 4 nitrogen and oxygen atoms in total. The van der Waals surface area contributed by atoms with Crippen molar-refractivity contribution in [3.63, 3.8) is 0 Å². The maximum atomic E-state index is 5.78. The largest absolute Gasteiger partial charge is 0.377 e. The second kappa shape index (κ2) is 8.47. The van der Waals surface area contributed by atoms with Crippen molar-refractivity contribution >= 4 is 23.0 Å². The Kier molecular flexibility index (Phi) is 6.31. The molecule has 0 radical (unpaired) electrons. The number of likely N-dealkylation sites (tertiary alicyclic amines) is 1. The maximum absolute atomic E-state index is 5.78. The third-order valence-electron chi connectivity index (χ3n) is 5.65. The van der Waals surface area contributed by atoms with Crippen molar-refractivity contribution in [1.82, 2.24) is 9.80 Å². The highest BCUT2D eigenvalue weighted by Gasteiger charge is 2.26. The zero-order valence-electron chi connectivity index (χ0n) is 15.8. The van der Waals surface area contributed by atoms with Gasteiger partial charge in [-0.2, -0.15) is 0 Å². The van der Waals surface area contributed by atoms with Gasteiger partial charge in [-0.15, -0.1) is 0 Å². The molecule has 0 aliphatic carbocycles. The summed E-state index contributed by atoms with van der Waals surface area (Å²) < 4.78 is 5.78. The van der Waals surface area contributed by atoms with E-state index < -0.39 is 0 Å². The van der Waals surface area contributed by atoms with E-state index in [9.17, 15) is 0 Å². The number of hydrogen-bond acceptors (Lipinski definition) is 3.